The van der Waals surface area contributed by atoms with Crippen molar-refractivity contribution in [3.63, 3.8) is 0 Å². The molecule has 1 aliphatic carbocycles. The molecule has 1 aromatic carbocycles. The first-order valence-electron chi connectivity index (χ1n) is 14.6. The number of halogens is 2. The number of aliphatic hydroxyl groups is 1. The summed E-state index contributed by atoms with van der Waals surface area (Å²) in [7, 11) is 0. The van der Waals surface area contributed by atoms with Crippen molar-refractivity contribution in [2.24, 2.45) is 5.41 Å². The van der Waals surface area contributed by atoms with Crippen LogP contribution in [0, 0.1) is 24.0 Å². The number of nitrogens with zero attached hydrogens (tertiary/aromatic N) is 3. The lowest BCUT2D eigenvalue weighted by atomic mass is 9.68. The van der Waals surface area contributed by atoms with Crippen molar-refractivity contribution in [2.75, 3.05) is 13.1 Å². The van der Waals surface area contributed by atoms with Crippen LogP contribution < -0.4 is 0 Å². The summed E-state index contributed by atoms with van der Waals surface area (Å²) < 4.78 is 32.9. The number of hydrogen-bond acceptors (Lipinski definition) is 7. The minimum absolute atomic E-state index is 0.0165. The van der Waals surface area contributed by atoms with Crippen LogP contribution in [0.5, 0.6) is 0 Å². The van der Waals surface area contributed by atoms with Crippen LogP contribution in [0.25, 0.3) is 11.3 Å². The van der Waals surface area contributed by atoms with Crippen molar-refractivity contribution in [1.29, 1.82) is 0 Å². The Morgan fingerprint density at radius 3 is 2.48 bits per heavy atom. The molecule has 0 spiro atoms. The molecular formula is C33H39F2N3O4. The lowest BCUT2D eigenvalue weighted by Crippen LogP contribution is -2.62. The summed E-state index contributed by atoms with van der Waals surface area (Å²) in [6.45, 7) is 9.01. The third kappa shape index (κ3) is 6.68. The molecule has 3 aromatic rings. The molecule has 2 aromatic heterocycles. The van der Waals surface area contributed by atoms with Crippen molar-refractivity contribution in [3.05, 3.63) is 71.2 Å². The lowest BCUT2D eigenvalue weighted by molar-refractivity contribution is -0.128. The highest BCUT2D eigenvalue weighted by atomic mass is 19.1. The fraction of sp³-hybridized carbons (Fsp3) is 0.515. The summed E-state index contributed by atoms with van der Waals surface area (Å²) in [4.78, 5) is 34.0. The molecule has 0 radical (unpaired) electrons. The average molecular weight is 580 g/mol. The molecule has 1 saturated heterocycles. The number of hydrogen-bond donors (Lipinski definition) is 1. The maximum atomic E-state index is 14.3. The zero-order valence-corrected chi connectivity index (χ0v) is 24.8. The molecule has 0 unspecified atom stereocenters. The predicted molar refractivity (Wildman–Crippen MR) is 154 cm³/mol. The number of benzene rings is 1. The Labute approximate surface area is 245 Å². The van der Waals surface area contributed by atoms with E-state index in [0.717, 1.165) is 49.2 Å². The lowest BCUT2D eigenvalue weighted by Gasteiger charge is -2.54. The summed E-state index contributed by atoms with van der Waals surface area (Å²) in [5.74, 6) is -1.70. The molecule has 5 rings (SSSR count). The quantitative estimate of drug-likeness (QED) is 0.285. The van der Waals surface area contributed by atoms with Gasteiger partial charge in [0.15, 0.2) is 11.5 Å². The molecule has 42 heavy (non-hydrogen) atoms. The molecule has 7 nitrogen and oxygen atoms in total. The normalized spacial score (nSPS) is 22.5. The second kappa shape index (κ2) is 11.4. The van der Waals surface area contributed by atoms with Crippen molar-refractivity contribution in [3.8, 4) is 11.3 Å². The second-order valence-corrected chi connectivity index (χ2v) is 13.4. The van der Waals surface area contributed by atoms with Gasteiger partial charge in [-0.3, -0.25) is 19.5 Å². The minimum atomic E-state index is -0.806. The van der Waals surface area contributed by atoms with Crippen LogP contribution in [0.4, 0.5) is 8.78 Å². The number of carbonyl (C=O) groups excluding carboxylic acids is 2. The van der Waals surface area contributed by atoms with Crippen LogP contribution >= 0.6 is 0 Å². The zero-order chi connectivity index (χ0) is 30.3. The largest absolute Gasteiger partial charge is 0.390 e. The maximum absolute atomic E-state index is 14.3. The predicted octanol–water partition coefficient (Wildman–Crippen LogP) is 6.22. The van der Waals surface area contributed by atoms with Gasteiger partial charge in [-0.1, -0.05) is 25.1 Å². The Morgan fingerprint density at radius 1 is 1.10 bits per heavy atom. The summed E-state index contributed by atoms with van der Waals surface area (Å²) in [6, 6.07) is 10.6. The molecule has 1 aliphatic heterocycles. The number of ketones is 2. The molecule has 1 N–H and O–H groups in total. The molecule has 0 amide bonds. The van der Waals surface area contributed by atoms with Gasteiger partial charge in [0.1, 0.15) is 23.1 Å². The Kier molecular flexibility index (Phi) is 8.20. The van der Waals surface area contributed by atoms with Gasteiger partial charge in [-0.25, -0.2) is 8.78 Å². The van der Waals surface area contributed by atoms with E-state index in [-0.39, 0.29) is 41.4 Å². The molecule has 9 heteroatoms. The third-order valence-corrected chi connectivity index (χ3v) is 8.95. The van der Waals surface area contributed by atoms with Crippen LogP contribution in [0.1, 0.15) is 87.6 Å². The van der Waals surface area contributed by atoms with Crippen molar-refractivity contribution < 1.29 is 28.0 Å². The summed E-state index contributed by atoms with van der Waals surface area (Å²) in [6.07, 6.45) is 3.81. The van der Waals surface area contributed by atoms with E-state index < -0.39 is 28.1 Å². The molecule has 0 bridgehead atoms. The van der Waals surface area contributed by atoms with E-state index in [1.807, 2.05) is 45.9 Å². The monoisotopic (exact) mass is 579 g/mol. The van der Waals surface area contributed by atoms with Crippen molar-refractivity contribution in [1.82, 2.24) is 15.0 Å². The highest BCUT2D eigenvalue weighted by Gasteiger charge is 2.49. The Bertz CT molecular complexity index is 1470. The number of rotatable bonds is 10. The van der Waals surface area contributed by atoms with Gasteiger partial charge in [-0.05, 0) is 63.8 Å². The smallest absolute Gasteiger partial charge is 0.185 e. The van der Waals surface area contributed by atoms with Crippen molar-refractivity contribution in [2.45, 2.75) is 89.7 Å². The van der Waals surface area contributed by atoms with Crippen LogP contribution in [0.3, 0.4) is 0 Å². The van der Waals surface area contributed by atoms with Gasteiger partial charge < -0.3 is 9.63 Å². The maximum Gasteiger partial charge on any atom is 0.185 e. The highest BCUT2D eigenvalue weighted by molar-refractivity contribution is 5.96. The molecule has 0 atom stereocenters. The molecule has 2 aliphatic rings. The van der Waals surface area contributed by atoms with E-state index >= 15 is 0 Å². The summed E-state index contributed by atoms with van der Waals surface area (Å²) in [5.41, 5.74) is 0.142. The van der Waals surface area contributed by atoms with Crippen LogP contribution in [0.2, 0.25) is 0 Å². The fourth-order valence-corrected chi connectivity index (χ4v) is 6.59. The molecule has 2 fully saturated rings. The fourth-order valence-electron chi connectivity index (χ4n) is 6.59. The van der Waals surface area contributed by atoms with Gasteiger partial charge in [-0.15, -0.1) is 0 Å². The first-order chi connectivity index (χ1) is 19.7. The zero-order valence-electron chi connectivity index (χ0n) is 24.8. The Hall–Kier alpha value is -3.30. The van der Waals surface area contributed by atoms with Gasteiger partial charge in [0.05, 0.1) is 11.2 Å². The number of aryl methyl sites for hydroxylation is 1. The number of aromatic nitrogens is 2. The number of Topliss-reactive ketones (excluding diaryl/α,β-unsaturated/α-hetero) is 2. The van der Waals surface area contributed by atoms with Crippen molar-refractivity contribution >= 4 is 11.6 Å². The van der Waals surface area contributed by atoms with Crippen LogP contribution in [-0.4, -0.2) is 56.4 Å². The highest BCUT2D eigenvalue weighted by Crippen LogP contribution is 2.44. The second-order valence-electron chi connectivity index (χ2n) is 13.4. The van der Waals surface area contributed by atoms with Crippen LogP contribution in [0.15, 0.2) is 47.0 Å². The molecular weight excluding hydrogens is 540 g/mol. The summed E-state index contributed by atoms with van der Waals surface area (Å²) >= 11 is 0. The first-order valence-corrected chi connectivity index (χ1v) is 14.6. The van der Waals surface area contributed by atoms with E-state index in [1.165, 1.54) is 12.1 Å². The minimum Gasteiger partial charge on any atom is -0.390 e. The van der Waals surface area contributed by atoms with Gasteiger partial charge in [0.2, 0.25) is 0 Å². The number of pyridine rings is 1. The van der Waals surface area contributed by atoms with E-state index in [9.17, 15) is 23.5 Å². The molecule has 224 valence electrons. The topological polar surface area (TPSA) is 96.5 Å². The standard InChI is InChI=1S/C33H39F2N3O4/c1-21-6-5-7-30(36-21)31(2,3)16-24(39)17-33(19-38(20-33)23-10-12-32(4,41)13-11-23)18-28(40)27-15-29(42-37-27)25-9-8-22(34)14-26(25)35/h5-9,14-15,23,41H,10-13,16-20H2,1-4H3. The van der Waals surface area contributed by atoms with E-state index in [0.29, 0.717) is 25.6 Å². The molecule has 3 heterocycles. The van der Waals surface area contributed by atoms with E-state index in [4.69, 9.17) is 4.52 Å². The first kappa shape index (κ1) is 30.2. The van der Waals surface area contributed by atoms with Gasteiger partial charge in [-0.2, -0.15) is 0 Å². The number of carbonyl (C=O) groups is 2. The molecule has 1 saturated carbocycles. The number of likely N-dealkylation sites (tertiary alicyclic amines) is 1. The summed E-state index contributed by atoms with van der Waals surface area (Å²) in [5, 5.41) is 14.3. The van der Waals surface area contributed by atoms with Gasteiger partial charge >= 0.3 is 0 Å². The van der Waals surface area contributed by atoms with Crippen LogP contribution in [-0.2, 0) is 10.2 Å². The van der Waals surface area contributed by atoms with Gasteiger partial charge in [0, 0.05) is 72.7 Å². The van der Waals surface area contributed by atoms with Gasteiger partial charge in [0.25, 0.3) is 0 Å². The Balaban J connectivity index is 1.31. The Morgan fingerprint density at radius 2 is 1.81 bits per heavy atom. The third-order valence-electron chi connectivity index (χ3n) is 8.95. The van der Waals surface area contributed by atoms with E-state index in [1.54, 1.807) is 0 Å². The average Bonchev–Trinajstić information content (AvgIpc) is 3.37. The SMILES string of the molecule is Cc1cccc(C(C)(C)CC(=O)CC2(CC(=O)c3cc(-c4ccc(F)cc4F)on3)CN(C3CCC(C)(O)CC3)C2)n1. The van der Waals surface area contributed by atoms with E-state index in [2.05, 4.69) is 15.0 Å².